The van der Waals surface area contributed by atoms with Gasteiger partial charge in [0.05, 0.1) is 0 Å². The first-order valence-corrected chi connectivity index (χ1v) is 13.3. The lowest BCUT2D eigenvalue weighted by Crippen LogP contribution is -2.27. The van der Waals surface area contributed by atoms with Crippen LogP contribution in [-0.4, -0.2) is 0 Å². The highest BCUT2D eigenvalue weighted by atomic mass is 16.5. The van der Waals surface area contributed by atoms with E-state index in [1.165, 1.54) is 22.3 Å². The minimum Gasteiger partial charge on any atom is -0.457 e. The fraction of sp³-hybridized carbons (Fsp3) is 0.143. The van der Waals surface area contributed by atoms with Crippen LogP contribution in [0.2, 0.25) is 0 Å². The SMILES string of the molecule is Cc1c(N)ccc(CC(C)(c2ccc(Oc3ccc(N)cc3)cc2)c2ccc(Oc3ccc(N)cc3)cc2)c1C. The lowest BCUT2D eigenvalue weighted by atomic mass is 9.71. The standard InChI is InChI=1S/C35H35N3O2/c1-23-24(2)34(38)21-4-25(23)22-35(3,26-5-13-30(14-6-26)39-32-17-9-28(36)10-18-32)27-7-15-31(16-8-27)40-33-19-11-29(37)12-20-33/h4-21H,22,36-38H2,1-3H3. The van der Waals surface area contributed by atoms with E-state index < -0.39 is 0 Å². The molecule has 5 rings (SSSR count). The van der Waals surface area contributed by atoms with E-state index in [0.29, 0.717) is 11.4 Å². The number of rotatable bonds is 8. The molecular weight excluding hydrogens is 494 g/mol. The first-order valence-electron chi connectivity index (χ1n) is 13.3. The molecule has 5 aromatic rings. The molecule has 0 bridgehead atoms. The van der Waals surface area contributed by atoms with E-state index in [2.05, 4.69) is 51.1 Å². The average molecular weight is 530 g/mol. The molecule has 0 atom stereocenters. The molecule has 0 heterocycles. The Hall–Kier alpha value is -4.90. The first kappa shape index (κ1) is 26.7. The van der Waals surface area contributed by atoms with Crippen molar-refractivity contribution in [1.82, 2.24) is 0 Å². The minimum atomic E-state index is -0.327. The van der Waals surface area contributed by atoms with Crippen molar-refractivity contribution < 1.29 is 9.47 Å². The molecule has 0 aliphatic carbocycles. The smallest absolute Gasteiger partial charge is 0.127 e. The molecule has 0 radical (unpaired) electrons. The van der Waals surface area contributed by atoms with Gasteiger partial charge in [0.15, 0.2) is 0 Å². The third-order valence-electron chi connectivity index (χ3n) is 7.70. The highest BCUT2D eigenvalue weighted by Gasteiger charge is 2.30. The van der Waals surface area contributed by atoms with Gasteiger partial charge in [-0.2, -0.15) is 0 Å². The summed E-state index contributed by atoms with van der Waals surface area (Å²) in [4.78, 5) is 0. The molecule has 0 fully saturated rings. The third-order valence-corrected chi connectivity index (χ3v) is 7.70. The molecule has 0 saturated carbocycles. The van der Waals surface area contributed by atoms with E-state index >= 15 is 0 Å². The summed E-state index contributed by atoms with van der Waals surface area (Å²) in [5, 5.41) is 0. The number of hydrogen-bond acceptors (Lipinski definition) is 5. The number of benzene rings is 5. The van der Waals surface area contributed by atoms with Crippen molar-refractivity contribution in [3.05, 3.63) is 137 Å². The van der Waals surface area contributed by atoms with Gasteiger partial charge in [0.2, 0.25) is 0 Å². The number of nitrogens with two attached hydrogens (primary N) is 3. The summed E-state index contributed by atoms with van der Waals surface area (Å²) in [6.07, 6.45) is 0.802. The van der Waals surface area contributed by atoms with Gasteiger partial charge in [0, 0.05) is 22.5 Å². The van der Waals surface area contributed by atoms with Crippen molar-refractivity contribution in [2.24, 2.45) is 0 Å². The fourth-order valence-corrected chi connectivity index (χ4v) is 4.97. The zero-order valence-electron chi connectivity index (χ0n) is 23.1. The summed E-state index contributed by atoms with van der Waals surface area (Å²) in [5.74, 6) is 3.02. The lowest BCUT2D eigenvalue weighted by molar-refractivity contribution is 0.480. The normalized spacial score (nSPS) is 11.3. The molecule has 0 saturated heterocycles. The van der Waals surface area contributed by atoms with Crippen molar-refractivity contribution in [1.29, 1.82) is 0 Å². The van der Waals surface area contributed by atoms with Gasteiger partial charge in [-0.1, -0.05) is 37.3 Å². The van der Waals surface area contributed by atoms with E-state index in [1.54, 1.807) is 0 Å². The Kier molecular flexibility index (Phi) is 7.39. The van der Waals surface area contributed by atoms with Crippen LogP contribution in [0.1, 0.15) is 34.7 Å². The second-order valence-electron chi connectivity index (χ2n) is 10.5. The molecule has 40 heavy (non-hydrogen) atoms. The van der Waals surface area contributed by atoms with Crippen LogP contribution in [0, 0.1) is 13.8 Å². The molecule has 6 N–H and O–H groups in total. The van der Waals surface area contributed by atoms with Crippen molar-refractivity contribution in [3.8, 4) is 23.0 Å². The molecule has 0 amide bonds. The monoisotopic (exact) mass is 529 g/mol. The van der Waals surface area contributed by atoms with Crippen LogP contribution in [0.3, 0.4) is 0 Å². The summed E-state index contributed by atoms with van der Waals surface area (Å²) in [6.45, 7) is 6.51. The molecule has 0 unspecified atom stereocenters. The van der Waals surface area contributed by atoms with Crippen LogP contribution >= 0.6 is 0 Å². The molecule has 0 aliphatic heterocycles. The summed E-state index contributed by atoms with van der Waals surface area (Å²) in [6, 6.07) is 35.6. The van der Waals surface area contributed by atoms with Crippen molar-refractivity contribution >= 4 is 17.1 Å². The first-order chi connectivity index (χ1) is 19.2. The van der Waals surface area contributed by atoms with Crippen LogP contribution in [0.4, 0.5) is 17.1 Å². The maximum Gasteiger partial charge on any atom is 0.127 e. The maximum atomic E-state index is 6.21. The molecular formula is C35H35N3O2. The van der Waals surface area contributed by atoms with Gasteiger partial charge in [-0.05, 0) is 127 Å². The second kappa shape index (κ2) is 11.1. The van der Waals surface area contributed by atoms with Gasteiger partial charge in [-0.3, -0.25) is 0 Å². The maximum absolute atomic E-state index is 6.21. The number of hydrogen-bond donors (Lipinski definition) is 3. The van der Waals surface area contributed by atoms with Crippen LogP contribution in [0.15, 0.2) is 109 Å². The topological polar surface area (TPSA) is 96.5 Å². The zero-order chi connectivity index (χ0) is 28.3. The Morgan fingerprint density at radius 2 is 0.875 bits per heavy atom. The predicted octanol–water partition coefficient (Wildman–Crippen LogP) is 8.18. The zero-order valence-corrected chi connectivity index (χ0v) is 23.1. The Morgan fingerprint density at radius 3 is 1.27 bits per heavy atom. The molecule has 5 aromatic carbocycles. The van der Waals surface area contributed by atoms with Crippen LogP contribution in [0.25, 0.3) is 0 Å². The largest absolute Gasteiger partial charge is 0.457 e. The third kappa shape index (κ3) is 5.74. The minimum absolute atomic E-state index is 0.327. The van der Waals surface area contributed by atoms with Gasteiger partial charge in [-0.15, -0.1) is 0 Å². The highest BCUT2D eigenvalue weighted by molar-refractivity contribution is 5.55. The quantitative estimate of drug-likeness (QED) is 0.176. The molecule has 0 aliphatic rings. The lowest BCUT2D eigenvalue weighted by Gasteiger charge is -2.32. The summed E-state index contributed by atoms with van der Waals surface area (Å²) < 4.78 is 12.1. The Balaban J connectivity index is 1.47. The van der Waals surface area contributed by atoms with E-state index in [4.69, 9.17) is 26.7 Å². The average Bonchev–Trinajstić information content (AvgIpc) is 2.96. The summed E-state index contributed by atoms with van der Waals surface area (Å²) in [5.41, 5.74) is 25.7. The van der Waals surface area contributed by atoms with E-state index in [-0.39, 0.29) is 5.41 Å². The van der Waals surface area contributed by atoms with Crippen molar-refractivity contribution in [3.63, 3.8) is 0 Å². The van der Waals surface area contributed by atoms with E-state index in [0.717, 1.165) is 40.7 Å². The highest BCUT2D eigenvalue weighted by Crippen LogP contribution is 2.39. The molecule has 0 aromatic heterocycles. The van der Waals surface area contributed by atoms with Crippen LogP contribution in [0.5, 0.6) is 23.0 Å². The van der Waals surface area contributed by atoms with Gasteiger partial charge in [0.1, 0.15) is 23.0 Å². The van der Waals surface area contributed by atoms with Gasteiger partial charge in [0.25, 0.3) is 0 Å². The number of nitrogen functional groups attached to an aromatic ring is 3. The number of ether oxygens (including phenoxy) is 2. The van der Waals surface area contributed by atoms with Crippen LogP contribution < -0.4 is 26.7 Å². The Morgan fingerprint density at radius 1 is 0.500 bits per heavy atom. The number of anilines is 3. The summed E-state index contributed by atoms with van der Waals surface area (Å²) >= 11 is 0. The van der Waals surface area contributed by atoms with Crippen LogP contribution in [-0.2, 0) is 11.8 Å². The van der Waals surface area contributed by atoms with Gasteiger partial charge >= 0.3 is 0 Å². The van der Waals surface area contributed by atoms with Crippen molar-refractivity contribution in [2.75, 3.05) is 17.2 Å². The fourth-order valence-electron chi connectivity index (χ4n) is 4.97. The second-order valence-corrected chi connectivity index (χ2v) is 10.5. The predicted molar refractivity (Wildman–Crippen MR) is 165 cm³/mol. The Bertz CT molecular complexity index is 1500. The molecule has 5 heteroatoms. The van der Waals surface area contributed by atoms with Crippen molar-refractivity contribution in [2.45, 2.75) is 32.6 Å². The summed E-state index contributed by atoms with van der Waals surface area (Å²) in [7, 11) is 0. The van der Waals surface area contributed by atoms with Gasteiger partial charge < -0.3 is 26.7 Å². The van der Waals surface area contributed by atoms with Gasteiger partial charge in [-0.25, -0.2) is 0 Å². The molecule has 202 valence electrons. The molecule has 5 nitrogen and oxygen atoms in total. The van der Waals surface area contributed by atoms with E-state index in [9.17, 15) is 0 Å². The Labute approximate surface area is 236 Å². The van der Waals surface area contributed by atoms with E-state index in [1.807, 2.05) is 78.9 Å². The molecule has 0 spiro atoms.